The predicted molar refractivity (Wildman–Crippen MR) is 56.7 cm³/mol. The summed E-state index contributed by atoms with van der Waals surface area (Å²) in [4.78, 5) is 0. The normalized spacial score (nSPS) is 13.2. The molecule has 1 unspecified atom stereocenters. The van der Waals surface area contributed by atoms with Gasteiger partial charge in [0, 0.05) is 11.8 Å². The first-order valence-corrected chi connectivity index (χ1v) is 6.41. The van der Waals surface area contributed by atoms with Gasteiger partial charge in [-0.2, -0.15) is 0 Å². The van der Waals surface area contributed by atoms with E-state index >= 15 is 0 Å². The van der Waals surface area contributed by atoms with E-state index in [2.05, 4.69) is 0 Å². The second kappa shape index (κ2) is 11.3. The van der Waals surface area contributed by atoms with Crippen LogP contribution < -0.4 is 0 Å². The molecule has 0 radical (unpaired) electrons. The fourth-order valence-corrected chi connectivity index (χ4v) is 1.81. The molecule has 0 aliphatic rings. The van der Waals surface area contributed by atoms with Gasteiger partial charge >= 0.3 is 8.60 Å². The van der Waals surface area contributed by atoms with Crippen LogP contribution in [0.25, 0.3) is 0 Å². The number of rotatable bonds is 9. The van der Waals surface area contributed by atoms with Crippen molar-refractivity contribution in [3.63, 3.8) is 0 Å². The molecule has 0 amide bonds. The SMILES string of the molecule is ClCCCOP(OCCl)OCCCl. The summed E-state index contributed by atoms with van der Waals surface area (Å²) >= 11 is 16.3. The van der Waals surface area contributed by atoms with Crippen LogP contribution in [0.1, 0.15) is 6.42 Å². The van der Waals surface area contributed by atoms with Crippen LogP contribution >= 0.6 is 43.4 Å². The van der Waals surface area contributed by atoms with Crippen LogP contribution in [0.15, 0.2) is 0 Å². The molecule has 3 nitrogen and oxygen atoms in total. The first kappa shape index (κ1) is 14.2. The lowest BCUT2D eigenvalue weighted by atomic mass is 10.5. The molecule has 13 heavy (non-hydrogen) atoms. The summed E-state index contributed by atoms with van der Waals surface area (Å²) in [5.74, 6) is 0.961. The minimum Gasteiger partial charge on any atom is -0.312 e. The fraction of sp³-hybridized carbons (Fsp3) is 1.00. The first-order chi connectivity index (χ1) is 6.35. The summed E-state index contributed by atoms with van der Waals surface area (Å²) in [5, 5.41) is 0. The number of alkyl halides is 3. The van der Waals surface area contributed by atoms with Crippen LogP contribution in [-0.2, 0) is 13.6 Å². The maximum atomic E-state index is 5.46. The highest BCUT2D eigenvalue weighted by Crippen LogP contribution is 2.39. The van der Waals surface area contributed by atoms with Crippen molar-refractivity contribution in [2.75, 3.05) is 31.0 Å². The lowest BCUT2D eigenvalue weighted by Crippen LogP contribution is -1.99. The third kappa shape index (κ3) is 9.48. The van der Waals surface area contributed by atoms with E-state index in [0.717, 1.165) is 6.42 Å². The summed E-state index contributed by atoms with van der Waals surface area (Å²) in [6, 6.07) is 0.0505. The van der Waals surface area contributed by atoms with Gasteiger partial charge in [-0.1, -0.05) is 11.6 Å². The quantitative estimate of drug-likeness (QED) is 0.365. The van der Waals surface area contributed by atoms with E-state index in [1.807, 2.05) is 0 Å². The lowest BCUT2D eigenvalue weighted by Gasteiger charge is -2.13. The Morgan fingerprint density at radius 2 is 1.54 bits per heavy atom. The monoisotopic (exact) mass is 268 g/mol. The topological polar surface area (TPSA) is 27.7 Å². The summed E-state index contributed by atoms with van der Waals surface area (Å²) < 4.78 is 15.3. The molecule has 0 aromatic rings. The Hall–Kier alpha value is 1.18. The molecule has 0 aromatic carbocycles. The highest BCUT2D eigenvalue weighted by atomic mass is 35.5. The predicted octanol–water partition coefficient (Wildman–Crippen LogP) is 3.33. The summed E-state index contributed by atoms with van der Waals surface area (Å²) in [6.07, 6.45) is 0.760. The van der Waals surface area contributed by atoms with Gasteiger partial charge in [-0.05, 0) is 6.42 Å². The van der Waals surface area contributed by atoms with Gasteiger partial charge in [0.1, 0.15) is 6.07 Å². The Morgan fingerprint density at radius 1 is 0.846 bits per heavy atom. The molecule has 0 aliphatic carbocycles. The molecule has 0 saturated carbocycles. The van der Waals surface area contributed by atoms with E-state index < -0.39 is 8.60 Å². The van der Waals surface area contributed by atoms with Gasteiger partial charge in [0.05, 0.1) is 13.2 Å². The van der Waals surface area contributed by atoms with Gasteiger partial charge in [-0.15, -0.1) is 23.2 Å². The van der Waals surface area contributed by atoms with Crippen molar-refractivity contribution in [1.29, 1.82) is 0 Å². The average molecular weight is 269 g/mol. The molecule has 0 N–H and O–H groups in total. The molecule has 1 atom stereocenters. The van der Waals surface area contributed by atoms with Crippen molar-refractivity contribution >= 4 is 43.4 Å². The molecule has 0 rings (SSSR count). The van der Waals surface area contributed by atoms with Crippen LogP contribution in [0.4, 0.5) is 0 Å². The minimum atomic E-state index is -1.35. The summed E-state index contributed by atoms with van der Waals surface area (Å²) in [7, 11) is -1.35. The van der Waals surface area contributed by atoms with E-state index in [1.54, 1.807) is 0 Å². The third-order valence-corrected chi connectivity index (χ3v) is 2.71. The third-order valence-electron chi connectivity index (χ3n) is 0.903. The number of hydrogen-bond acceptors (Lipinski definition) is 3. The van der Waals surface area contributed by atoms with Crippen LogP contribution in [0, 0.1) is 0 Å². The van der Waals surface area contributed by atoms with Gasteiger partial charge in [0.25, 0.3) is 0 Å². The Bertz CT molecular complexity index is 109. The van der Waals surface area contributed by atoms with Crippen molar-refractivity contribution in [2.45, 2.75) is 6.42 Å². The zero-order valence-corrected chi connectivity index (χ0v) is 10.2. The Balaban J connectivity index is 3.41. The molecule has 80 valence electrons. The molecule has 7 heteroatoms. The Labute approximate surface area is 94.6 Å². The second-order valence-electron chi connectivity index (χ2n) is 1.86. The zero-order chi connectivity index (χ0) is 9.94. The summed E-state index contributed by atoms with van der Waals surface area (Å²) in [5.41, 5.74) is 0. The molecule has 0 aromatic heterocycles. The molecule has 0 aliphatic heterocycles. The molecule has 0 heterocycles. The van der Waals surface area contributed by atoms with E-state index in [-0.39, 0.29) is 6.07 Å². The smallest absolute Gasteiger partial charge is 0.312 e. The van der Waals surface area contributed by atoms with Crippen molar-refractivity contribution in [1.82, 2.24) is 0 Å². The van der Waals surface area contributed by atoms with Crippen molar-refractivity contribution in [3.05, 3.63) is 0 Å². The standard InChI is InChI=1S/C6H12Cl3O3P/c7-2-1-4-10-13(12-6-9)11-5-3-8/h1-6H2. The average Bonchev–Trinajstić information content (AvgIpc) is 2.14. The van der Waals surface area contributed by atoms with Crippen molar-refractivity contribution in [3.8, 4) is 0 Å². The van der Waals surface area contributed by atoms with Crippen LogP contribution in [0.5, 0.6) is 0 Å². The van der Waals surface area contributed by atoms with Gasteiger partial charge in [-0.25, -0.2) is 0 Å². The maximum absolute atomic E-state index is 5.46. The van der Waals surface area contributed by atoms with Crippen molar-refractivity contribution in [2.24, 2.45) is 0 Å². The van der Waals surface area contributed by atoms with Gasteiger partial charge < -0.3 is 9.05 Å². The van der Waals surface area contributed by atoms with E-state index in [4.69, 9.17) is 48.4 Å². The van der Waals surface area contributed by atoms with Crippen LogP contribution in [-0.4, -0.2) is 31.0 Å². The van der Waals surface area contributed by atoms with Gasteiger partial charge in [0.2, 0.25) is 0 Å². The van der Waals surface area contributed by atoms with Crippen molar-refractivity contribution < 1.29 is 13.6 Å². The zero-order valence-electron chi connectivity index (χ0n) is 7.05. The summed E-state index contributed by atoms with van der Waals surface area (Å²) in [6.45, 7) is 0.902. The largest absolute Gasteiger partial charge is 0.333 e. The molecule has 0 fully saturated rings. The van der Waals surface area contributed by atoms with Gasteiger partial charge in [-0.3, -0.25) is 4.52 Å². The lowest BCUT2D eigenvalue weighted by molar-refractivity contribution is 0.182. The fourth-order valence-electron chi connectivity index (χ4n) is 0.454. The number of hydrogen-bond donors (Lipinski definition) is 0. The maximum Gasteiger partial charge on any atom is 0.333 e. The molecule has 0 bridgehead atoms. The Morgan fingerprint density at radius 3 is 2.08 bits per heavy atom. The molecule has 0 spiro atoms. The second-order valence-corrected chi connectivity index (χ2v) is 4.06. The van der Waals surface area contributed by atoms with Crippen LogP contribution in [0.3, 0.4) is 0 Å². The highest BCUT2D eigenvalue weighted by molar-refractivity contribution is 7.41. The van der Waals surface area contributed by atoms with E-state index in [9.17, 15) is 0 Å². The number of halogens is 3. The first-order valence-electron chi connectivity index (χ1n) is 3.72. The van der Waals surface area contributed by atoms with E-state index in [0.29, 0.717) is 25.0 Å². The highest BCUT2D eigenvalue weighted by Gasteiger charge is 2.10. The van der Waals surface area contributed by atoms with Gasteiger partial charge in [0.15, 0.2) is 0 Å². The minimum absolute atomic E-state index is 0.0505. The Kier molecular flexibility index (Phi) is 12.3. The van der Waals surface area contributed by atoms with Crippen LogP contribution in [0.2, 0.25) is 0 Å². The van der Waals surface area contributed by atoms with E-state index in [1.165, 1.54) is 0 Å². The molecular weight excluding hydrogens is 257 g/mol. The molecule has 0 saturated heterocycles. The molecular formula is C6H12Cl3O3P.